The Hall–Kier alpha value is -2.62. The van der Waals surface area contributed by atoms with Gasteiger partial charge >= 0.3 is 5.97 Å². The number of rotatable bonds is 2. The minimum Gasteiger partial charge on any atom is -0.481 e. The van der Waals surface area contributed by atoms with Gasteiger partial charge in [-0.15, -0.1) is 0 Å². The lowest BCUT2D eigenvalue weighted by Crippen LogP contribution is -2.08. The Morgan fingerprint density at radius 1 is 1.27 bits per heavy atom. The van der Waals surface area contributed by atoms with Gasteiger partial charge in [-0.2, -0.15) is 0 Å². The van der Waals surface area contributed by atoms with Gasteiger partial charge in [-0.05, 0) is 49.5 Å². The summed E-state index contributed by atoms with van der Waals surface area (Å²) in [5.74, 6) is -1.87. The third kappa shape index (κ3) is 2.08. The van der Waals surface area contributed by atoms with E-state index in [-0.39, 0.29) is 22.1 Å². The first-order valence-electron chi connectivity index (χ1n) is 9.95. The van der Waals surface area contributed by atoms with E-state index in [1.165, 1.54) is 26.0 Å². The first-order chi connectivity index (χ1) is 13.2. The lowest BCUT2D eigenvalue weighted by Gasteiger charge is -2.10. The first kappa shape index (κ1) is 8.13. The van der Waals surface area contributed by atoms with Crippen molar-refractivity contribution in [1.29, 1.82) is 0 Å². The second-order valence-corrected chi connectivity index (χ2v) is 4.95. The molecule has 0 saturated carbocycles. The topological polar surface area (TPSA) is 67.5 Å². The highest BCUT2D eigenvalue weighted by molar-refractivity contribution is 5.94. The van der Waals surface area contributed by atoms with Gasteiger partial charge in [0.15, 0.2) is 0 Å². The predicted octanol–water partition coefficient (Wildman–Crippen LogP) is 3.50. The van der Waals surface area contributed by atoms with Gasteiger partial charge in [0.25, 0.3) is 0 Å². The van der Waals surface area contributed by atoms with Gasteiger partial charge in [-0.3, -0.25) is 9.59 Å². The summed E-state index contributed by atoms with van der Waals surface area (Å²) in [7, 11) is 0. The molecule has 0 atom stereocenters. The molecule has 0 radical (unpaired) electrons. The summed E-state index contributed by atoms with van der Waals surface area (Å²) in [5, 5.41) is 8.75. The average Bonchev–Trinajstić information content (AvgIpc) is 2.58. The number of aryl methyl sites for hydroxylation is 2. The number of aliphatic carboxylic acids is 1. The number of carboxylic acids is 1. The molecule has 0 aliphatic carbocycles. The fourth-order valence-corrected chi connectivity index (χ4v) is 2.29. The van der Waals surface area contributed by atoms with E-state index in [0.717, 1.165) is 0 Å². The van der Waals surface area contributed by atoms with E-state index in [4.69, 9.17) is 14.0 Å². The lowest BCUT2D eigenvalue weighted by atomic mass is 9.99. The highest BCUT2D eigenvalue weighted by Gasteiger charge is 2.16. The Bertz CT molecular complexity index is 1260. The Kier molecular flexibility index (Phi) is 1.84. The standard InChI is InChI=1S/C18H16O4/c1-9-4-6-12-16(21)13-7-5-10(2)14(8-15(19)20)18(13)22-17(12)11(9)3/h4-7H,8H2,1-3H3,(H,19,20)/i3D3,5D,7D,8D2. The zero-order valence-corrected chi connectivity index (χ0v) is 11.8. The van der Waals surface area contributed by atoms with Gasteiger partial charge in [0.2, 0.25) is 5.43 Å². The molecule has 1 N–H and O–H groups in total. The summed E-state index contributed by atoms with van der Waals surface area (Å²) >= 11 is 0. The van der Waals surface area contributed by atoms with E-state index < -0.39 is 53.2 Å². The quantitative estimate of drug-likeness (QED) is 0.736. The minimum absolute atomic E-state index is 0.146. The van der Waals surface area contributed by atoms with E-state index >= 15 is 0 Å². The molecule has 4 nitrogen and oxygen atoms in total. The van der Waals surface area contributed by atoms with Crippen LogP contribution >= 0.6 is 0 Å². The Balaban J connectivity index is 2.73. The second-order valence-electron chi connectivity index (χ2n) is 4.95. The fourth-order valence-electron chi connectivity index (χ4n) is 2.29. The summed E-state index contributed by atoms with van der Waals surface area (Å²) < 4.78 is 61.1. The molecule has 112 valence electrons. The van der Waals surface area contributed by atoms with Gasteiger partial charge in [0, 0.05) is 12.4 Å². The first-order valence-corrected chi connectivity index (χ1v) is 6.45. The van der Waals surface area contributed by atoms with Crippen molar-refractivity contribution in [3.63, 3.8) is 0 Å². The lowest BCUT2D eigenvalue weighted by molar-refractivity contribution is -0.136. The zero-order chi connectivity index (χ0) is 22.0. The summed E-state index contributed by atoms with van der Waals surface area (Å²) in [6.45, 7) is 0.102. The Labute approximate surface area is 136 Å². The van der Waals surface area contributed by atoms with Crippen molar-refractivity contribution >= 4 is 27.9 Å². The molecular weight excluding hydrogens is 280 g/mol. The molecule has 22 heavy (non-hydrogen) atoms. The average molecular weight is 303 g/mol. The van der Waals surface area contributed by atoms with Crippen LogP contribution < -0.4 is 5.43 Å². The van der Waals surface area contributed by atoms with Crippen molar-refractivity contribution < 1.29 is 23.9 Å². The van der Waals surface area contributed by atoms with Crippen molar-refractivity contribution in [2.45, 2.75) is 27.1 Å². The van der Waals surface area contributed by atoms with Crippen LogP contribution in [-0.4, -0.2) is 11.1 Å². The number of hydrogen-bond acceptors (Lipinski definition) is 3. The monoisotopic (exact) mass is 303 g/mol. The highest BCUT2D eigenvalue weighted by atomic mass is 16.4. The number of carboxylic acid groups (broad SMARTS) is 1. The van der Waals surface area contributed by atoms with E-state index in [0.29, 0.717) is 5.56 Å². The molecule has 1 aromatic heterocycles. The highest BCUT2D eigenvalue weighted by Crippen LogP contribution is 2.27. The summed E-state index contributed by atoms with van der Waals surface area (Å²) in [5.41, 5.74) is -2.39. The third-order valence-corrected chi connectivity index (χ3v) is 3.48. The van der Waals surface area contributed by atoms with Gasteiger partial charge < -0.3 is 9.52 Å². The van der Waals surface area contributed by atoms with Crippen LogP contribution in [0, 0.1) is 20.7 Å². The fraction of sp³-hybridized carbons (Fsp3) is 0.222. The molecule has 0 amide bonds. The van der Waals surface area contributed by atoms with Gasteiger partial charge in [0.1, 0.15) is 11.2 Å². The van der Waals surface area contributed by atoms with Crippen LogP contribution in [0.25, 0.3) is 21.9 Å². The van der Waals surface area contributed by atoms with E-state index in [9.17, 15) is 14.7 Å². The summed E-state index contributed by atoms with van der Waals surface area (Å²) in [6.07, 6.45) is -3.04. The van der Waals surface area contributed by atoms with Crippen LogP contribution in [0.4, 0.5) is 0 Å². The van der Waals surface area contributed by atoms with Crippen LogP contribution in [0.5, 0.6) is 0 Å². The third-order valence-electron chi connectivity index (χ3n) is 3.48. The number of carbonyl (C=O) groups is 1. The molecule has 4 heteroatoms. The Morgan fingerprint density at radius 3 is 2.73 bits per heavy atom. The maximum atomic E-state index is 13.1. The molecule has 0 bridgehead atoms. The van der Waals surface area contributed by atoms with Crippen LogP contribution in [0.15, 0.2) is 33.4 Å². The van der Waals surface area contributed by atoms with Crippen molar-refractivity contribution in [2.75, 3.05) is 0 Å². The molecule has 3 aromatic rings. The molecule has 3 rings (SSSR count). The molecule has 0 fully saturated rings. The molecule has 2 aromatic carbocycles. The number of benzene rings is 2. The van der Waals surface area contributed by atoms with Gasteiger partial charge in [0.05, 0.1) is 19.9 Å². The SMILES string of the molecule is [2H]c1c(C)c(C([2H])([2H])C(=O)O)c2oc3c(C([2H])([2H])[2H])c(C)ccc3c(=O)c2c1[2H]. The molecule has 0 spiro atoms. The summed E-state index contributed by atoms with van der Waals surface area (Å²) in [6, 6.07) is 1.70. The van der Waals surface area contributed by atoms with Gasteiger partial charge in [-0.1, -0.05) is 12.1 Å². The number of fused-ring (bicyclic) bond motifs is 2. The van der Waals surface area contributed by atoms with Gasteiger partial charge in [-0.25, -0.2) is 0 Å². The van der Waals surface area contributed by atoms with Crippen molar-refractivity contribution in [2.24, 2.45) is 0 Å². The molecule has 0 aliphatic rings. The zero-order valence-electron chi connectivity index (χ0n) is 18.8. The van der Waals surface area contributed by atoms with Crippen molar-refractivity contribution in [3.8, 4) is 0 Å². The number of hydrogen-bond donors (Lipinski definition) is 1. The van der Waals surface area contributed by atoms with E-state index in [1.807, 2.05) is 0 Å². The smallest absolute Gasteiger partial charge is 0.307 e. The van der Waals surface area contributed by atoms with E-state index in [2.05, 4.69) is 0 Å². The van der Waals surface area contributed by atoms with Crippen molar-refractivity contribution in [3.05, 3.63) is 56.7 Å². The van der Waals surface area contributed by atoms with Crippen molar-refractivity contribution in [1.82, 2.24) is 0 Å². The molecule has 1 heterocycles. The molecule has 0 unspecified atom stereocenters. The molecule has 0 saturated heterocycles. The normalized spacial score (nSPS) is 17.1. The summed E-state index contributed by atoms with van der Waals surface area (Å²) in [4.78, 5) is 24.6. The van der Waals surface area contributed by atoms with Crippen LogP contribution in [0.1, 0.15) is 31.8 Å². The largest absolute Gasteiger partial charge is 0.481 e. The second kappa shape index (κ2) is 4.98. The predicted molar refractivity (Wildman–Crippen MR) is 85.5 cm³/mol. The maximum absolute atomic E-state index is 13.1. The molecular formula is C18H16O4. The van der Waals surface area contributed by atoms with E-state index in [1.54, 1.807) is 0 Å². The van der Waals surface area contributed by atoms with Crippen LogP contribution in [-0.2, 0) is 11.2 Å². The maximum Gasteiger partial charge on any atom is 0.307 e. The van der Waals surface area contributed by atoms with Crippen LogP contribution in [0.3, 0.4) is 0 Å². The minimum atomic E-state index is -3.04. The molecule has 0 aliphatic heterocycles. The van der Waals surface area contributed by atoms with Crippen LogP contribution in [0.2, 0.25) is 0 Å². The Morgan fingerprint density at radius 2 is 2.05 bits per heavy atom.